The molecule has 0 heterocycles. The van der Waals surface area contributed by atoms with Gasteiger partial charge in [-0.1, -0.05) is 45.2 Å². The first-order chi connectivity index (χ1) is 8.99. The lowest BCUT2D eigenvalue weighted by molar-refractivity contribution is 0.593. The zero-order valence-corrected chi connectivity index (χ0v) is 12.9. The van der Waals surface area contributed by atoms with Gasteiger partial charge in [-0.25, -0.2) is 4.39 Å². The second-order valence-corrected chi connectivity index (χ2v) is 5.91. The van der Waals surface area contributed by atoms with Gasteiger partial charge >= 0.3 is 0 Å². The number of benzene rings is 2. The summed E-state index contributed by atoms with van der Waals surface area (Å²) in [6, 6.07) is 9.59. The molecule has 19 heavy (non-hydrogen) atoms. The molecule has 100 valence electrons. The Morgan fingerprint density at radius 1 is 1.16 bits per heavy atom. The Balaban J connectivity index is 2.31. The topological polar surface area (TPSA) is 26.0 Å². The van der Waals surface area contributed by atoms with Crippen molar-refractivity contribution in [2.45, 2.75) is 12.5 Å². The van der Waals surface area contributed by atoms with Crippen molar-refractivity contribution in [1.82, 2.24) is 0 Å². The standard InChI is InChI=1S/C14H11BrCl2FN/c15-8-4-5-12(17)10(6-8)14(19)7-9-11(16)2-1-3-13(9)18/h1-6,14H,7,19H2. The summed E-state index contributed by atoms with van der Waals surface area (Å²) >= 11 is 15.5. The van der Waals surface area contributed by atoms with Crippen molar-refractivity contribution >= 4 is 39.1 Å². The van der Waals surface area contributed by atoms with E-state index in [1.165, 1.54) is 6.07 Å². The van der Waals surface area contributed by atoms with Crippen LogP contribution in [0.2, 0.25) is 10.0 Å². The average molecular weight is 363 g/mol. The van der Waals surface area contributed by atoms with Crippen molar-refractivity contribution in [2.24, 2.45) is 5.73 Å². The monoisotopic (exact) mass is 361 g/mol. The molecule has 0 saturated heterocycles. The Kier molecular flexibility index (Phi) is 4.85. The highest BCUT2D eigenvalue weighted by Crippen LogP contribution is 2.30. The van der Waals surface area contributed by atoms with E-state index in [1.54, 1.807) is 18.2 Å². The Morgan fingerprint density at radius 2 is 1.89 bits per heavy atom. The minimum absolute atomic E-state index is 0.293. The predicted octanol–water partition coefficient (Wildman–Crippen LogP) is 5.14. The number of hydrogen-bond acceptors (Lipinski definition) is 1. The molecule has 1 unspecified atom stereocenters. The van der Waals surface area contributed by atoms with Crippen LogP contribution in [0, 0.1) is 5.82 Å². The summed E-state index contributed by atoms with van der Waals surface area (Å²) in [5.74, 6) is -0.353. The highest BCUT2D eigenvalue weighted by atomic mass is 79.9. The predicted molar refractivity (Wildman–Crippen MR) is 81.2 cm³/mol. The van der Waals surface area contributed by atoms with Crippen molar-refractivity contribution < 1.29 is 4.39 Å². The maximum atomic E-state index is 13.7. The smallest absolute Gasteiger partial charge is 0.127 e. The molecule has 0 bridgehead atoms. The van der Waals surface area contributed by atoms with Crippen LogP contribution in [0.25, 0.3) is 0 Å². The first-order valence-corrected chi connectivity index (χ1v) is 7.17. The number of hydrogen-bond donors (Lipinski definition) is 1. The van der Waals surface area contributed by atoms with Crippen LogP contribution in [0.15, 0.2) is 40.9 Å². The van der Waals surface area contributed by atoms with Crippen LogP contribution >= 0.6 is 39.1 Å². The lowest BCUT2D eigenvalue weighted by Gasteiger charge is -2.15. The van der Waals surface area contributed by atoms with Crippen LogP contribution in [-0.2, 0) is 6.42 Å². The molecule has 0 aliphatic heterocycles. The Bertz CT molecular complexity index is 584. The second kappa shape index (κ2) is 6.23. The lowest BCUT2D eigenvalue weighted by atomic mass is 9.99. The highest BCUT2D eigenvalue weighted by molar-refractivity contribution is 9.10. The molecule has 2 aromatic rings. The zero-order valence-electron chi connectivity index (χ0n) is 9.84. The van der Waals surface area contributed by atoms with Crippen LogP contribution in [0.4, 0.5) is 4.39 Å². The van der Waals surface area contributed by atoms with Gasteiger partial charge in [0, 0.05) is 26.1 Å². The van der Waals surface area contributed by atoms with E-state index in [2.05, 4.69) is 15.9 Å². The fourth-order valence-electron chi connectivity index (χ4n) is 1.86. The summed E-state index contributed by atoms with van der Waals surface area (Å²) in [6.07, 6.45) is 0.293. The number of rotatable bonds is 3. The molecule has 2 rings (SSSR count). The lowest BCUT2D eigenvalue weighted by Crippen LogP contribution is -2.15. The van der Waals surface area contributed by atoms with Gasteiger partial charge in [0.1, 0.15) is 5.82 Å². The van der Waals surface area contributed by atoms with Gasteiger partial charge in [-0.3, -0.25) is 0 Å². The molecule has 0 aliphatic carbocycles. The van der Waals surface area contributed by atoms with Gasteiger partial charge in [-0.2, -0.15) is 0 Å². The summed E-state index contributed by atoms with van der Waals surface area (Å²) < 4.78 is 14.6. The SMILES string of the molecule is NC(Cc1c(F)cccc1Cl)c1cc(Br)ccc1Cl. The van der Waals surface area contributed by atoms with E-state index in [9.17, 15) is 4.39 Å². The molecule has 0 aliphatic rings. The number of nitrogens with two attached hydrogens (primary N) is 1. The Morgan fingerprint density at radius 3 is 2.58 bits per heavy atom. The summed E-state index contributed by atoms with van der Waals surface area (Å²) in [5, 5.41) is 0.935. The van der Waals surface area contributed by atoms with E-state index in [-0.39, 0.29) is 5.82 Å². The molecule has 2 aromatic carbocycles. The van der Waals surface area contributed by atoms with E-state index in [4.69, 9.17) is 28.9 Å². The zero-order chi connectivity index (χ0) is 14.0. The minimum atomic E-state index is -0.417. The van der Waals surface area contributed by atoms with E-state index < -0.39 is 6.04 Å². The fraction of sp³-hybridized carbons (Fsp3) is 0.143. The molecule has 0 spiro atoms. The van der Waals surface area contributed by atoms with Gasteiger partial charge in [-0.05, 0) is 42.3 Å². The number of halogens is 4. The molecule has 5 heteroatoms. The van der Waals surface area contributed by atoms with E-state index in [0.29, 0.717) is 22.0 Å². The Labute approximate surface area is 129 Å². The van der Waals surface area contributed by atoms with Crippen LogP contribution in [-0.4, -0.2) is 0 Å². The molecular formula is C14H11BrCl2FN. The molecule has 0 saturated carbocycles. The molecule has 1 atom stereocenters. The third-order valence-electron chi connectivity index (χ3n) is 2.84. The van der Waals surface area contributed by atoms with Gasteiger partial charge in [0.15, 0.2) is 0 Å². The first kappa shape index (κ1) is 14.8. The van der Waals surface area contributed by atoms with Gasteiger partial charge < -0.3 is 5.73 Å². The third-order valence-corrected chi connectivity index (χ3v) is 4.03. The van der Waals surface area contributed by atoms with Crippen molar-refractivity contribution in [1.29, 1.82) is 0 Å². The molecule has 0 radical (unpaired) electrons. The second-order valence-electron chi connectivity index (χ2n) is 4.18. The van der Waals surface area contributed by atoms with Gasteiger partial charge in [0.05, 0.1) is 0 Å². The van der Waals surface area contributed by atoms with Crippen LogP contribution < -0.4 is 5.73 Å². The summed E-state index contributed by atoms with van der Waals surface area (Å²) in [4.78, 5) is 0. The van der Waals surface area contributed by atoms with E-state index in [0.717, 1.165) is 10.0 Å². The highest BCUT2D eigenvalue weighted by Gasteiger charge is 2.15. The maximum Gasteiger partial charge on any atom is 0.127 e. The molecule has 0 fully saturated rings. The van der Waals surface area contributed by atoms with Crippen molar-refractivity contribution in [3.63, 3.8) is 0 Å². The minimum Gasteiger partial charge on any atom is -0.324 e. The van der Waals surface area contributed by atoms with E-state index in [1.807, 2.05) is 12.1 Å². The maximum absolute atomic E-state index is 13.7. The van der Waals surface area contributed by atoms with Crippen molar-refractivity contribution in [2.75, 3.05) is 0 Å². The summed E-state index contributed by atoms with van der Waals surface area (Å²) in [7, 11) is 0. The quantitative estimate of drug-likeness (QED) is 0.803. The third kappa shape index (κ3) is 3.48. The summed E-state index contributed by atoms with van der Waals surface area (Å²) in [6.45, 7) is 0. The average Bonchev–Trinajstić information content (AvgIpc) is 2.37. The molecular weight excluding hydrogens is 352 g/mol. The van der Waals surface area contributed by atoms with Gasteiger partial charge in [0.25, 0.3) is 0 Å². The molecule has 1 nitrogen and oxygen atoms in total. The fourth-order valence-corrected chi connectivity index (χ4v) is 2.73. The molecule has 0 aromatic heterocycles. The van der Waals surface area contributed by atoms with E-state index >= 15 is 0 Å². The molecule has 2 N–H and O–H groups in total. The normalized spacial score (nSPS) is 12.5. The molecule has 0 amide bonds. The van der Waals surface area contributed by atoms with Gasteiger partial charge in [0.2, 0.25) is 0 Å². The van der Waals surface area contributed by atoms with Crippen LogP contribution in [0.3, 0.4) is 0 Å². The van der Waals surface area contributed by atoms with Crippen molar-refractivity contribution in [3.05, 3.63) is 67.9 Å². The largest absolute Gasteiger partial charge is 0.324 e. The Hall–Kier alpha value is -0.610. The van der Waals surface area contributed by atoms with Crippen molar-refractivity contribution in [3.8, 4) is 0 Å². The van der Waals surface area contributed by atoms with Gasteiger partial charge in [-0.15, -0.1) is 0 Å². The first-order valence-electron chi connectivity index (χ1n) is 5.62. The summed E-state index contributed by atoms with van der Waals surface area (Å²) in [5.41, 5.74) is 7.27. The van der Waals surface area contributed by atoms with Crippen LogP contribution in [0.1, 0.15) is 17.2 Å². The van der Waals surface area contributed by atoms with Crippen LogP contribution in [0.5, 0.6) is 0 Å².